The average molecular weight is 224 g/mol. The maximum Gasteiger partial charge on any atom is 0.305 e. The molecule has 0 N–H and O–H groups in total. The number of esters is 1. The molecule has 0 aromatic carbocycles. The van der Waals surface area contributed by atoms with E-state index in [1.807, 2.05) is 17.5 Å². The Balaban J connectivity index is 2.56. The lowest BCUT2D eigenvalue weighted by molar-refractivity contribution is -0.142. The van der Waals surface area contributed by atoms with Crippen molar-refractivity contribution >= 4 is 29.2 Å². The number of thiophene rings is 1. The molecule has 0 radical (unpaired) electrons. The van der Waals surface area contributed by atoms with Gasteiger partial charge in [-0.15, -0.1) is 11.3 Å². The summed E-state index contributed by atoms with van der Waals surface area (Å²) < 4.78 is 4.85. The van der Waals surface area contributed by atoms with Crippen molar-refractivity contribution in [2.75, 3.05) is 6.61 Å². The van der Waals surface area contributed by atoms with E-state index in [1.165, 1.54) is 11.3 Å². The molecule has 0 aliphatic rings. The minimum absolute atomic E-state index is 0.151. The van der Waals surface area contributed by atoms with Crippen molar-refractivity contribution in [3.8, 4) is 0 Å². The van der Waals surface area contributed by atoms with Crippen LogP contribution in [0.5, 0.6) is 0 Å². The molecule has 0 unspecified atom stereocenters. The minimum atomic E-state index is -0.261. The summed E-state index contributed by atoms with van der Waals surface area (Å²) in [5.74, 6) is -0.261. The van der Waals surface area contributed by atoms with Gasteiger partial charge in [0.2, 0.25) is 0 Å². The number of hydrogen-bond acceptors (Lipinski definition) is 4. The number of rotatable bonds is 5. The molecule has 0 fully saturated rings. The number of carbonyl (C=O) groups is 2. The molecule has 3 nitrogen and oxygen atoms in total. The third-order valence-electron chi connectivity index (χ3n) is 1.77. The van der Waals surface area contributed by atoms with E-state index < -0.39 is 0 Å². The fourth-order valence-corrected chi connectivity index (χ4v) is 1.70. The van der Waals surface area contributed by atoms with Crippen LogP contribution in [0.3, 0.4) is 0 Å². The standard InChI is InChI=1S/C11H12O3S/c1-2-11(13)14-6-5-9(8-12)10-4-3-7-15-10/h3-5,7-8H,2,6H2,1H3/b9-5-. The van der Waals surface area contributed by atoms with Gasteiger partial charge in [-0.1, -0.05) is 13.0 Å². The van der Waals surface area contributed by atoms with Gasteiger partial charge in [-0.3, -0.25) is 9.59 Å². The zero-order valence-corrected chi connectivity index (χ0v) is 9.25. The van der Waals surface area contributed by atoms with E-state index in [1.54, 1.807) is 13.0 Å². The first kappa shape index (κ1) is 11.7. The highest BCUT2D eigenvalue weighted by molar-refractivity contribution is 7.11. The molecule has 1 aromatic heterocycles. The summed E-state index contributed by atoms with van der Waals surface area (Å²) in [6.07, 6.45) is 2.74. The lowest BCUT2D eigenvalue weighted by atomic mass is 10.2. The van der Waals surface area contributed by atoms with Crippen LogP contribution in [0.2, 0.25) is 0 Å². The predicted molar refractivity (Wildman–Crippen MR) is 59.6 cm³/mol. The Kier molecular flexibility index (Phi) is 4.77. The number of ether oxygens (including phenoxy) is 1. The SMILES string of the molecule is CCC(=O)OC/C=C(/C=O)c1cccs1. The molecule has 0 aliphatic heterocycles. The highest BCUT2D eigenvalue weighted by Crippen LogP contribution is 2.17. The minimum Gasteiger partial charge on any atom is -0.461 e. The van der Waals surface area contributed by atoms with E-state index in [0.29, 0.717) is 12.0 Å². The van der Waals surface area contributed by atoms with Gasteiger partial charge < -0.3 is 4.74 Å². The maximum atomic E-state index is 10.8. The summed E-state index contributed by atoms with van der Waals surface area (Å²) in [6.45, 7) is 1.88. The van der Waals surface area contributed by atoms with Crippen LogP contribution < -0.4 is 0 Å². The number of aldehydes is 1. The number of carbonyl (C=O) groups excluding carboxylic acids is 2. The Morgan fingerprint density at radius 3 is 2.93 bits per heavy atom. The van der Waals surface area contributed by atoms with Gasteiger partial charge in [0.05, 0.1) is 0 Å². The summed E-state index contributed by atoms with van der Waals surface area (Å²) in [5.41, 5.74) is 0.564. The van der Waals surface area contributed by atoms with Crippen molar-refractivity contribution in [1.29, 1.82) is 0 Å². The quantitative estimate of drug-likeness (QED) is 0.438. The molecule has 0 spiro atoms. The Labute approximate surface area is 92.4 Å². The van der Waals surface area contributed by atoms with Crippen LogP contribution in [0.4, 0.5) is 0 Å². The summed E-state index contributed by atoms with van der Waals surface area (Å²) in [7, 11) is 0. The number of allylic oxidation sites excluding steroid dienone is 1. The molecule has 0 atom stereocenters. The third-order valence-corrected chi connectivity index (χ3v) is 2.69. The Morgan fingerprint density at radius 2 is 2.40 bits per heavy atom. The van der Waals surface area contributed by atoms with Crippen LogP contribution >= 0.6 is 11.3 Å². The molecule has 0 amide bonds. The predicted octanol–water partition coefficient (Wildman–Crippen LogP) is 2.28. The first-order chi connectivity index (χ1) is 7.27. The number of hydrogen-bond donors (Lipinski definition) is 0. The molecule has 4 heteroatoms. The molecule has 15 heavy (non-hydrogen) atoms. The van der Waals surface area contributed by atoms with E-state index in [4.69, 9.17) is 4.74 Å². The largest absolute Gasteiger partial charge is 0.461 e. The zero-order chi connectivity index (χ0) is 11.1. The molecular weight excluding hydrogens is 212 g/mol. The molecule has 1 aromatic rings. The van der Waals surface area contributed by atoms with Gasteiger partial charge in [0.1, 0.15) is 6.61 Å². The summed E-state index contributed by atoms with van der Waals surface area (Å²) in [5, 5.41) is 1.89. The lowest BCUT2D eigenvalue weighted by Crippen LogP contribution is -2.02. The van der Waals surface area contributed by atoms with Crippen molar-refractivity contribution in [3.63, 3.8) is 0 Å². The first-order valence-corrected chi connectivity index (χ1v) is 5.50. The smallest absolute Gasteiger partial charge is 0.305 e. The second kappa shape index (κ2) is 6.14. The Morgan fingerprint density at radius 1 is 1.60 bits per heavy atom. The molecule has 0 aliphatic carbocycles. The summed E-state index contributed by atoms with van der Waals surface area (Å²) in [4.78, 5) is 22.5. The van der Waals surface area contributed by atoms with Gasteiger partial charge in [-0.05, 0) is 17.5 Å². The monoisotopic (exact) mass is 224 g/mol. The van der Waals surface area contributed by atoms with Gasteiger partial charge in [0, 0.05) is 16.9 Å². The van der Waals surface area contributed by atoms with Crippen molar-refractivity contribution in [1.82, 2.24) is 0 Å². The molecule has 1 rings (SSSR count). The van der Waals surface area contributed by atoms with Gasteiger partial charge in [0.25, 0.3) is 0 Å². The molecule has 80 valence electrons. The van der Waals surface area contributed by atoms with Crippen LogP contribution in [0.1, 0.15) is 18.2 Å². The fraction of sp³-hybridized carbons (Fsp3) is 0.273. The molecule has 0 saturated carbocycles. The van der Waals surface area contributed by atoms with Crippen molar-refractivity contribution < 1.29 is 14.3 Å². The molecular formula is C11H12O3S. The Hall–Kier alpha value is -1.42. The Bertz CT molecular complexity index is 352. The van der Waals surface area contributed by atoms with E-state index in [9.17, 15) is 9.59 Å². The second-order valence-corrected chi connectivity index (χ2v) is 3.74. The van der Waals surface area contributed by atoms with E-state index >= 15 is 0 Å². The highest BCUT2D eigenvalue weighted by atomic mass is 32.1. The van der Waals surface area contributed by atoms with E-state index in [2.05, 4.69) is 0 Å². The molecule has 0 bridgehead atoms. The lowest BCUT2D eigenvalue weighted by Gasteiger charge is -1.99. The van der Waals surface area contributed by atoms with Crippen LogP contribution in [0.25, 0.3) is 5.57 Å². The molecule has 0 saturated heterocycles. The van der Waals surface area contributed by atoms with Crippen LogP contribution in [-0.4, -0.2) is 18.9 Å². The normalized spacial score (nSPS) is 11.1. The van der Waals surface area contributed by atoms with Crippen molar-refractivity contribution in [3.05, 3.63) is 28.5 Å². The summed E-state index contributed by atoms with van der Waals surface area (Å²) >= 11 is 1.48. The van der Waals surface area contributed by atoms with Gasteiger partial charge in [-0.25, -0.2) is 0 Å². The van der Waals surface area contributed by atoms with Gasteiger partial charge in [0.15, 0.2) is 6.29 Å². The maximum absolute atomic E-state index is 10.8. The first-order valence-electron chi connectivity index (χ1n) is 4.62. The van der Waals surface area contributed by atoms with Gasteiger partial charge in [-0.2, -0.15) is 0 Å². The van der Waals surface area contributed by atoms with Crippen LogP contribution in [-0.2, 0) is 14.3 Å². The highest BCUT2D eigenvalue weighted by Gasteiger charge is 2.01. The second-order valence-electron chi connectivity index (χ2n) is 2.79. The van der Waals surface area contributed by atoms with Crippen molar-refractivity contribution in [2.24, 2.45) is 0 Å². The topological polar surface area (TPSA) is 43.4 Å². The fourth-order valence-electron chi connectivity index (χ4n) is 0.976. The van der Waals surface area contributed by atoms with Crippen LogP contribution in [0.15, 0.2) is 23.6 Å². The van der Waals surface area contributed by atoms with E-state index in [-0.39, 0.29) is 12.6 Å². The molecule has 1 heterocycles. The van der Waals surface area contributed by atoms with Crippen LogP contribution in [0, 0.1) is 0 Å². The third kappa shape index (κ3) is 3.67. The average Bonchev–Trinajstić information content (AvgIpc) is 2.77. The van der Waals surface area contributed by atoms with Gasteiger partial charge >= 0.3 is 5.97 Å². The summed E-state index contributed by atoms with van der Waals surface area (Å²) in [6, 6.07) is 3.72. The van der Waals surface area contributed by atoms with E-state index in [0.717, 1.165) is 11.2 Å². The zero-order valence-electron chi connectivity index (χ0n) is 8.43. The van der Waals surface area contributed by atoms with Crippen molar-refractivity contribution in [2.45, 2.75) is 13.3 Å².